The van der Waals surface area contributed by atoms with Gasteiger partial charge < -0.3 is 5.32 Å². The molecule has 3 unspecified atom stereocenters. The largest absolute Gasteiger partial charge is 0.315 e. The van der Waals surface area contributed by atoms with Gasteiger partial charge in [0.2, 0.25) is 0 Å². The molecular weight excluding hydrogens is 196 g/mol. The van der Waals surface area contributed by atoms with Crippen molar-refractivity contribution in [1.82, 2.24) is 10.2 Å². The first kappa shape index (κ1) is 12.4. The molecule has 0 aromatic rings. The summed E-state index contributed by atoms with van der Waals surface area (Å²) in [6.07, 6.45) is 9.94. The Morgan fingerprint density at radius 2 is 1.94 bits per heavy atom. The molecule has 16 heavy (non-hydrogen) atoms. The van der Waals surface area contributed by atoms with Crippen molar-refractivity contribution in [3.63, 3.8) is 0 Å². The summed E-state index contributed by atoms with van der Waals surface area (Å²) < 4.78 is 0. The first-order chi connectivity index (χ1) is 7.85. The van der Waals surface area contributed by atoms with Crippen molar-refractivity contribution in [2.24, 2.45) is 5.92 Å². The van der Waals surface area contributed by atoms with Gasteiger partial charge in [-0.1, -0.05) is 19.8 Å². The first-order valence-electron chi connectivity index (χ1n) is 7.26. The van der Waals surface area contributed by atoms with Crippen molar-refractivity contribution < 1.29 is 0 Å². The molecule has 1 heterocycles. The van der Waals surface area contributed by atoms with E-state index < -0.39 is 0 Å². The molecule has 1 saturated carbocycles. The maximum Gasteiger partial charge on any atom is 0.0251 e. The molecule has 0 radical (unpaired) electrons. The molecule has 0 spiro atoms. The van der Waals surface area contributed by atoms with E-state index >= 15 is 0 Å². The molecule has 1 aliphatic carbocycles. The van der Waals surface area contributed by atoms with Crippen LogP contribution in [0.2, 0.25) is 0 Å². The van der Waals surface area contributed by atoms with Gasteiger partial charge in [-0.3, -0.25) is 4.90 Å². The van der Waals surface area contributed by atoms with E-state index in [9.17, 15) is 0 Å². The lowest BCUT2D eigenvalue weighted by molar-refractivity contribution is 0.118. The smallest absolute Gasteiger partial charge is 0.0251 e. The number of likely N-dealkylation sites (N-methyl/N-ethyl adjacent to an activating group) is 1. The third kappa shape index (κ3) is 2.78. The molecule has 2 rings (SSSR count). The lowest BCUT2D eigenvalue weighted by Crippen LogP contribution is -2.51. The minimum atomic E-state index is 0.756. The Morgan fingerprint density at radius 3 is 2.56 bits per heavy atom. The van der Waals surface area contributed by atoms with Gasteiger partial charge in [0.1, 0.15) is 0 Å². The summed E-state index contributed by atoms with van der Waals surface area (Å²) in [6.45, 7) is 5.03. The second kappa shape index (κ2) is 6.02. The van der Waals surface area contributed by atoms with Crippen molar-refractivity contribution >= 4 is 0 Å². The van der Waals surface area contributed by atoms with Gasteiger partial charge in [0.15, 0.2) is 0 Å². The zero-order valence-corrected chi connectivity index (χ0v) is 11.0. The predicted octanol–water partition coefficient (Wildman–Crippen LogP) is 2.64. The quantitative estimate of drug-likeness (QED) is 0.790. The summed E-state index contributed by atoms with van der Waals surface area (Å²) in [7, 11) is 2.15. The van der Waals surface area contributed by atoms with E-state index in [0.29, 0.717) is 0 Å². The Kier molecular flexibility index (Phi) is 4.66. The third-order valence-corrected chi connectivity index (χ3v) is 4.60. The van der Waals surface area contributed by atoms with Crippen LogP contribution in [0, 0.1) is 5.92 Å². The summed E-state index contributed by atoms with van der Waals surface area (Å²) in [5, 5.41) is 3.55. The second-order valence-electron chi connectivity index (χ2n) is 5.67. The van der Waals surface area contributed by atoms with E-state index in [1.807, 2.05) is 0 Å². The Hall–Kier alpha value is -0.0800. The predicted molar refractivity (Wildman–Crippen MR) is 69.7 cm³/mol. The number of hydrogen-bond acceptors (Lipinski definition) is 2. The van der Waals surface area contributed by atoms with Crippen LogP contribution in [0.25, 0.3) is 0 Å². The molecule has 1 saturated heterocycles. The first-order valence-corrected chi connectivity index (χ1v) is 7.26. The average molecular weight is 224 g/mol. The monoisotopic (exact) mass is 224 g/mol. The fourth-order valence-electron chi connectivity index (χ4n) is 3.72. The Bertz CT molecular complexity index is 197. The van der Waals surface area contributed by atoms with Crippen LogP contribution in [0.5, 0.6) is 0 Å². The van der Waals surface area contributed by atoms with Gasteiger partial charge in [0.25, 0.3) is 0 Å². The van der Waals surface area contributed by atoms with Crippen LogP contribution in [0.4, 0.5) is 0 Å². The van der Waals surface area contributed by atoms with E-state index in [1.165, 1.54) is 58.0 Å². The summed E-state index contributed by atoms with van der Waals surface area (Å²) in [4.78, 5) is 2.75. The van der Waals surface area contributed by atoms with Crippen LogP contribution < -0.4 is 5.32 Å². The van der Waals surface area contributed by atoms with Crippen LogP contribution in [-0.2, 0) is 0 Å². The Morgan fingerprint density at radius 1 is 1.19 bits per heavy atom. The molecule has 1 N–H and O–H groups in total. The van der Waals surface area contributed by atoms with Crippen molar-refractivity contribution in [2.75, 3.05) is 20.1 Å². The molecule has 2 fully saturated rings. The lowest BCUT2D eigenvalue weighted by Gasteiger charge is -2.41. The molecule has 0 amide bonds. The number of rotatable bonds is 4. The van der Waals surface area contributed by atoms with Crippen molar-refractivity contribution in [1.29, 1.82) is 0 Å². The molecule has 2 nitrogen and oxygen atoms in total. The molecule has 1 aliphatic heterocycles. The third-order valence-electron chi connectivity index (χ3n) is 4.60. The molecule has 0 bridgehead atoms. The molecule has 2 aliphatic rings. The standard InChI is InChI=1S/C14H28N2/c1-3-6-12-7-8-13(15-2)14(11-12)16-9-4-5-10-16/h12-15H,3-11H2,1-2H3. The van der Waals surface area contributed by atoms with Gasteiger partial charge >= 0.3 is 0 Å². The average Bonchev–Trinajstić information content (AvgIpc) is 2.83. The van der Waals surface area contributed by atoms with Crippen molar-refractivity contribution in [2.45, 2.75) is 64.0 Å². The SMILES string of the molecule is CCCC1CCC(NC)C(N2CCCC2)C1. The molecular formula is C14H28N2. The highest BCUT2D eigenvalue weighted by Gasteiger charge is 2.34. The zero-order valence-electron chi connectivity index (χ0n) is 11.0. The highest BCUT2D eigenvalue weighted by molar-refractivity contribution is 4.91. The van der Waals surface area contributed by atoms with E-state index in [4.69, 9.17) is 0 Å². The summed E-state index contributed by atoms with van der Waals surface area (Å²) in [5.41, 5.74) is 0. The van der Waals surface area contributed by atoms with E-state index in [-0.39, 0.29) is 0 Å². The maximum atomic E-state index is 3.55. The molecule has 94 valence electrons. The topological polar surface area (TPSA) is 15.3 Å². The minimum Gasteiger partial charge on any atom is -0.315 e. The van der Waals surface area contributed by atoms with Gasteiger partial charge in [0, 0.05) is 12.1 Å². The highest BCUT2D eigenvalue weighted by atomic mass is 15.2. The van der Waals surface area contributed by atoms with Gasteiger partial charge in [-0.25, -0.2) is 0 Å². The molecule has 0 aromatic carbocycles. The Labute approximate surface area is 101 Å². The van der Waals surface area contributed by atoms with E-state index in [0.717, 1.165) is 18.0 Å². The minimum absolute atomic E-state index is 0.756. The zero-order chi connectivity index (χ0) is 11.4. The van der Waals surface area contributed by atoms with Crippen molar-refractivity contribution in [3.05, 3.63) is 0 Å². The van der Waals surface area contributed by atoms with Crippen LogP contribution >= 0.6 is 0 Å². The van der Waals surface area contributed by atoms with E-state index in [1.54, 1.807) is 0 Å². The van der Waals surface area contributed by atoms with Crippen LogP contribution in [-0.4, -0.2) is 37.1 Å². The fourth-order valence-corrected chi connectivity index (χ4v) is 3.72. The van der Waals surface area contributed by atoms with Crippen molar-refractivity contribution in [3.8, 4) is 0 Å². The van der Waals surface area contributed by atoms with Gasteiger partial charge in [-0.15, -0.1) is 0 Å². The highest BCUT2D eigenvalue weighted by Crippen LogP contribution is 2.32. The van der Waals surface area contributed by atoms with Crippen LogP contribution in [0.1, 0.15) is 51.9 Å². The molecule has 0 aromatic heterocycles. The van der Waals surface area contributed by atoms with E-state index in [2.05, 4.69) is 24.2 Å². The second-order valence-corrected chi connectivity index (χ2v) is 5.67. The summed E-state index contributed by atoms with van der Waals surface area (Å²) >= 11 is 0. The Balaban J connectivity index is 1.93. The van der Waals surface area contributed by atoms with Gasteiger partial charge in [0.05, 0.1) is 0 Å². The van der Waals surface area contributed by atoms with Gasteiger partial charge in [-0.05, 0) is 58.2 Å². The fraction of sp³-hybridized carbons (Fsp3) is 1.00. The lowest BCUT2D eigenvalue weighted by atomic mass is 9.79. The molecule has 3 atom stereocenters. The van der Waals surface area contributed by atoms with Gasteiger partial charge in [-0.2, -0.15) is 0 Å². The number of nitrogens with one attached hydrogen (secondary N) is 1. The van der Waals surface area contributed by atoms with Crippen LogP contribution in [0.15, 0.2) is 0 Å². The number of likely N-dealkylation sites (tertiary alicyclic amines) is 1. The summed E-state index contributed by atoms with van der Waals surface area (Å²) in [6, 6.07) is 1.59. The maximum absolute atomic E-state index is 3.55. The van der Waals surface area contributed by atoms with Crippen LogP contribution in [0.3, 0.4) is 0 Å². The number of hydrogen-bond donors (Lipinski definition) is 1. The summed E-state index contributed by atoms with van der Waals surface area (Å²) in [5.74, 6) is 1.00. The normalized spacial score (nSPS) is 36.8. The number of nitrogens with zero attached hydrogens (tertiary/aromatic N) is 1. The molecule has 2 heteroatoms.